The molecule has 2 aromatic carbocycles. The molecule has 2 aromatic rings. The maximum Gasteiger partial charge on any atom is 0.329 e. The zero-order valence-electron chi connectivity index (χ0n) is 18.0. The molecule has 1 heterocycles. The van der Waals surface area contributed by atoms with Crippen LogP contribution in [0.25, 0.3) is 1.43 Å². The fourth-order valence-electron chi connectivity index (χ4n) is 3.42. The zero-order chi connectivity index (χ0) is 21.6. The third kappa shape index (κ3) is 5.78. The van der Waals surface area contributed by atoms with E-state index in [1.165, 1.54) is 11.1 Å². The fourth-order valence-corrected chi connectivity index (χ4v) is 3.55. The average molecular weight is 392 g/mol. The van der Waals surface area contributed by atoms with Crippen molar-refractivity contribution in [1.29, 1.82) is 1.43 Å². The largest absolute Gasteiger partial charge is 0.480 e. The summed E-state index contributed by atoms with van der Waals surface area (Å²) in [5.41, 5.74) is 2.41. The molecule has 0 spiro atoms. The van der Waals surface area contributed by atoms with Gasteiger partial charge < -0.3 is 9.85 Å². The molecule has 27 heavy (non-hydrogen) atoms. The van der Waals surface area contributed by atoms with Crippen LogP contribution in [0.1, 0.15) is 19.9 Å². The van der Waals surface area contributed by atoms with Crippen molar-refractivity contribution in [2.75, 3.05) is 45.9 Å². The van der Waals surface area contributed by atoms with Crippen molar-refractivity contribution in [1.82, 2.24) is 9.80 Å². The minimum atomic E-state index is -2.60. The molecule has 1 N–H and O–H groups in total. The minimum Gasteiger partial charge on any atom is -0.480 e. The van der Waals surface area contributed by atoms with E-state index >= 15 is 0 Å². The zero-order valence-corrected chi connectivity index (χ0v) is 15.8. The SMILES string of the molecule is [2H]OC(=O)C([2H])([2H])OCCN1CCN(C(c2ccccc2)c2ccc(Cl)cc2)CC1. The Kier molecular flexibility index (Phi) is 5.87. The van der Waals surface area contributed by atoms with Gasteiger partial charge in [0.15, 0.2) is 0 Å². The van der Waals surface area contributed by atoms with Crippen molar-refractivity contribution in [3.05, 3.63) is 70.7 Å². The number of carboxylic acids is 1. The van der Waals surface area contributed by atoms with Crippen molar-refractivity contribution in [3.8, 4) is 0 Å². The van der Waals surface area contributed by atoms with Gasteiger partial charge in [-0.25, -0.2) is 4.79 Å². The monoisotopic (exact) mass is 391 g/mol. The number of halogens is 1. The summed E-state index contributed by atoms with van der Waals surface area (Å²) >= 11 is 6.08. The van der Waals surface area contributed by atoms with Crippen molar-refractivity contribution >= 4 is 17.6 Å². The lowest BCUT2D eigenvalue weighted by Gasteiger charge is -2.39. The summed E-state index contributed by atoms with van der Waals surface area (Å²) < 4.78 is 26.4. The van der Waals surface area contributed by atoms with E-state index in [1.807, 2.05) is 30.3 Å². The number of hydrogen-bond donors (Lipinski definition) is 1. The van der Waals surface area contributed by atoms with E-state index in [0.29, 0.717) is 11.6 Å². The molecule has 0 saturated carbocycles. The van der Waals surface area contributed by atoms with Crippen LogP contribution in [0.3, 0.4) is 0 Å². The number of carboxylic acid groups (broad SMARTS) is 1. The van der Waals surface area contributed by atoms with Gasteiger partial charge in [0.25, 0.3) is 1.43 Å². The number of nitrogens with zero attached hydrogens (tertiary/aromatic N) is 2. The molecule has 0 aliphatic carbocycles. The van der Waals surface area contributed by atoms with Crippen LogP contribution in [-0.2, 0) is 9.53 Å². The van der Waals surface area contributed by atoms with Crippen molar-refractivity contribution < 1.29 is 17.4 Å². The fraction of sp³-hybridized carbons (Fsp3) is 0.381. The van der Waals surface area contributed by atoms with Gasteiger partial charge >= 0.3 is 5.97 Å². The summed E-state index contributed by atoms with van der Waals surface area (Å²) in [7, 11) is 0. The second kappa shape index (κ2) is 9.85. The maximum absolute atomic E-state index is 11.2. The first-order chi connectivity index (χ1) is 14.4. The minimum absolute atomic E-state index is 0.0431. The number of aliphatic carboxylic acids is 1. The number of piperazine rings is 1. The van der Waals surface area contributed by atoms with E-state index in [4.69, 9.17) is 20.5 Å². The Morgan fingerprint density at radius 2 is 1.78 bits per heavy atom. The summed E-state index contributed by atoms with van der Waals surface area (Å²) in [6.45, 7) is 1.21. The van der Waals surface area contributed by atoms with Gasteiger partial charge in [-0.05, 0) is 23.3 Å². The summed E-state index contributed by atoms with van der Waals surface area (Å²) in [5.74, 6) is -1.35. The molecular formula is C21H25ClN2O3. The van der Waals surface area contributed by atoms with Crippen LogP contribution in [0.5, 0.6) is 0 Å². The molecule has 1 saturated heterocycles. The van der Waals surface area contributed by atoms with E-state index in [0.717, 1.165) is 26.2 Å². The lowest BCUT2D eigenvalue weighted by Crippen LogP contribution is -2.48. The highest BCUT2D eigenvalue weighted by atomic mass is 35.5. The van der Waals surface area contributed by atoms with E-state index in [2.05, 4.69) is 39.2 Å². The second-order valence-corrected chi connectivity index (χ2v) is 6.92. The van der Waals surface area contributed by atoms with Gasteiger partial charge in [-0.15, -0.1) is 0 Å². The third-order valence-electron chi connectivity index (χ3n) is 4.74. The van der Waals surface area contributed by atoms with Crippen molar-refractivity contribution in [2.24, 2.45) is 0 Å². The van der Waals surface area contributed by atoms with Gasteiger partial charge in [0.1, 0.15) is 6.56 Å². The third-order valence-corrected chi connectivity index (χ3v) is 4.99. The molecule has 0 aromatic heterocycles. The number of ether oxygens (including phenoxy) is 1. The Morgan fingerprint density at radius 3 is 2.44 bits per heavy atom. The molecule has 1 aliphatic heterocycles. The van der Waals surface area contributed by atoms with Crippen molar-refractivity contribution in [3.63, 3.8) is 0 Å². The Balaban J connectivity index is 1.60. The Bertz CT molecular complexity index is 816. The van der Waals surface area contributed by atoms with E-state index in [9.17, 15) is 4.79 Å². The lowest BCUT2D eigenvalue weighted by molar-refractivity contribution is -0.142. The molecule has 3 rings (SSSR count). The van der Waals surface area contributed by atoms with Gasteiger partial charge in [-0.1, -0.05) is 54.1 Å². The Labute approximate surface area is 169 Å². The smallest absolute Gasteiger partial charge is 0.329 e. The van der Waals surface area contributed by atoms with E-state index in [1.54, 1.807) is 0 Å². The molecular weight excluding hydrogens is 364 g/mol. The highest BCUT2D eigenvalue weighted by Gasteiger charge is 2.26. The predicted octanol–water partition coefficient (Wildman–Crippen LogP) is 3.15. The summed E-state index contributed by atoms with van der Waals surface area (Å²) in [4.78, 5) is 15.8. The molecule has 0 amide bonds. The van der Waals surface area contributed by atoms with Gasteiger partial charge in [-0.2, -0.15) is 0 Å². The first-order valence-corrected chi connectivity index (χ1v) is 9.37. The summed E-state index contributed by atoms with van der Waals surface area (Å²) in [6, 6.07) is 18.4. The van der Waals surface area contributed by atoms with Crippen LogP contribution in [0.4, 0.5) is 0 Å². The average Bonchev–Trinajstić information content (AvgIpc) is 2.76. The molecule has 0 bridgehead atoms. The van der Waals surface area contributed by atoms with Gasteiger partial charge in [0, 0.05) is 37.7 Å². The highest BCUT2D eigenvalue weighted by Crippen LogP contribution is 2.30. The number of hydrogen-bond acceptors (Lipinski definition) is 5. The second-order valence-electron chi connectivity index (χ2n) is 6.48. The molecule has 1 fully saturated rings. The van der Waals surface area contributed by atoms with Crippen LogP contribution in [-0.4, -0.2) is 66.8 Å². The molecule has 0 radical (unpaired) electrons. The summed E-state index contributed by atoms with van der Waals surface area (Å²) in [5, 5.41) is 4.38. The molecule has 1 aliphatic rings. The topological polar surface area (TPSA) is 53.0 Å². The van der Waals surface area contributed by atoms with E-state index < -0.39 is 12.5 Å². The molecule has 144 valence electrons. The summed E-state index contributed by atoms with van der Waals surface area (Å²) in [6.07, 6.45) is 0. The lowest BCUT2D eigenvalue weighted by atomic mass is 9.96. The van der Waals surface area contributed by atoms with Gasteiger partial charge in [0.2, 0.25) is 0 Å². The number of benzene rings is 2. The quantitative estimate of drug-likeness (QED) is 0.749. The number of rotatable bonds is 8. The molecule has 1 atom stereocenters. The molecule has 1 unspecified atom stereocenters. The maximum atomic E-state index is 11.2. The number of carbonyl (C=O) groups is 1. The Morgan fingerprint density at radius 1 is 1.11 bits per heavy atom. The van der Waals surface area contributed by atoms with Crippen LogP contribution in [0.15, 0.2) is 54.6 Å². The predicted molar refractivity (Wildman–Crippen MR) is 106 cm³/mol. The normalized spacial score (nSPS) is 18.9. The van der Waals surface area contributed by atoms with Gasteiger partial charge in [-0.3, -0.25) is 9.80 Å². The van der Waals surface area contributed by atoms with Crippen LogP contribution >= 0.6 is 11.6 Å². The van der Waals surface area contributed by atoms with Crippen LogP contribution in [0, 0.1) is 0 Å². The first kappa shape index (κ1) is 16.1. The molecule has 6 heteroatoms. The first-order valence-electron chi connectivity index (χ1n) is 10.4. The van der Waals surface area contributed by atoms with Crippen LogP contribution in [0.2, 0.25) is 5.02 Å². The standard InChI is InChI=1S/C21H25ClN2O3/c22-19-8-6-18(7-9-19)21(17-4-2-1-3-5-17)24-12-10-23(11-13-24)14-15-27-16-20(25)26/h1-9,21H,10-16H2,(H,25,26)/i16D2/hD. The van der Waals surface area contributed by atoms with Crippen molar-refractivity contribution in [2.45, 2.75) is 6.04 Å². The van der Waals surface area contributed by atoms with Crippen LogP contribution < -0.4 is 0 Å². The van der Waals surface area contributed by atoms with E-state index in [-0.39, 0.29) is 12.6 Å². The molecule has 5 nitrogen and oxygen atoms in total. The Hall–Kier alpha value is -1.92. The highest BCUT2D eigenvalue weighted by molar-refractivity contribution is 6.30. The van der Waals surface area contributed by atoms with Gasteiger partial charge in [0.05, 0.1) is 15.4 Å².